The standard InChI is InChI=1S/C19H25NO3/c1-18(2,3)23-17(21)19-9-6-10-20(19)16-13(11-19)12-22-15-8-5-4-7-14(15)16/h4-5,7-8,13,16H,6,9-12H2,1-3H3/t13-,16-,19-/m1/s1. The van der Waals surface area contributed by atoms with E-state index in [9.17, 15) is 4.79 Å². The highest BCUT2D eigenvalue weighted by atomic mass is 16.6. The molecule has 0 unspecified atom stereocenters. The first kappa shape index (κ1) is 15.0. The molecule has 124 valence electrons. The molecule has 2 saturated heterocycles. The summed E-state index contributed by atoms with van der Waals surface area (Å²) >= 11 is 0. The zero-order valence-corrected chi connectivity index (χ0v) is 14.2. The summed E-state index contributed by atoms with van der Waals surface area (Å²) in [4.78, 5) is 15.4. The zero-order valence-electron chi connectivity index (χ0n) is 14.2. The van der Waals surface area contributed by atoms with Gasteiger partial charge in [-0.05, 0) is 52.6 Å². The van der Waals surface area contributed by atoms with E-state index in [1.165, 1.54) is 5.56 Å². The van der Waals surface area contributed by atoms with Gasteiger partial charge in [0.25, 0.3) is 0 Å². The molecule has 23 heavy (non-hydrogen) atoms. The van der Waals surface area contributed by atoms with Crippen LogP contribution in [0.1, 0.15) is 51.6 Å². The lowest BCUT2D eigenvalue weighted by Gasteiger charge is -2.36. The van der Waals surface area contributed by atoms with Gasteiger partial charge in [0.1, 0.15) is 16.9 Å². The van der Waals surface area contributed by atoms with Crippen molar-refractivity contribution in [3.05, 3.63) is 29.8 Å². The number of rotatable bonds is 1. The lowest BCUT2D eigenvalue weighted by atomic mass is 9.86. The smallest absolute Gasteiger partial charge is 0.327 e. The third-order valence-electron chi connectivity index (χ3n) is 5.39. The van der Waals surface area contributed by atoms with Gasteiger partial charge in [0.2, 0.25) is 0 Å². The molecule has 0 bridgehead atoms. The van der Waals surface area contributed by atoms with Crippen LogP contribution in [0.25, 0.3) is 0 Å². The van der Waals surface area contributed by atoms with Gasteiger partial charge in [-0.3, -0.25) is 9.69 Å². The van der Waals surface area contributed by atoms with Gasteiger partial charge in [0, 0.05) is 17.5 Å². The fraction of sp³-hybridized carbons (Fsp3) is 0.632. The Labute approximate surface area is 137 Å². The quantitative estimate of drug-likeness (QED) is 0.745. The predicted octanol–water partition coefficient (Wildman–Crippen LogP) is 3.32. The Morgan fingerprint density at radius 2 is 2.13 bits per heavy atom. The Kier molecular flexibility index (Phi) is 3.24. The lowest BCUT2D eigenvalue weighted by molar-refractivity contribution is -0.167. The highest BCUT2D eigenvalue weighted by Crippen LogP contribution is 2.55. The molecule has 0 spiro atoms. The number of hydrogen-bond acceptors (Lipinski definition) is 4. The summed E-state index contributed by atoms with van der Waals surface area (Å²) in [7, 11) is 0. The van der Waals surface area contributed by atoms with E-state index in [0.29, 0.717) is 12.5 Å². The van der Waals surface area contributed by atoms with E-state index < -0.39 is 11.1 Å². The van der Waals surface area contributed by atoms with Crippen LogP contribution in [0.2, 0.25) is 0 Å². The van der Waals surface area contributed by atoms with Gasteiger partial charge >= 0.3 is 5.97 Å². The Hall–Kier alpha value is -1.55. The minimum Gasteiger partial charge on any atom is -0.493 e. The SMILES string of the molecule is CC(C)(C)OC(=O)[C@]12CCCN1[C@H]1c3ccccc3OC[C@H]1C2. The minimum atomic E-state index is -0.455. The summed E-state index contributed by atoms with van der Waals surface area (Å²) in [6, 6.07) is 8.55. The number of esters is 1. The molecule has 0 N–H and O–H groups in total. The molecule has 4 heteroatoms. The molecule has 3 aliphatic heterocycles. The maximum atomic E-state index is 13.0. The molecule has 4 rings (SSSR count). The molecule has 1 aromatic carbocycles. The largest absolute Gasteiger partial charge is 0.493 e. The van der Waals surface area contributed by atoms with Gasteiger partial charge < -0.3 is 9.47 Å². The first-order valence-corrected chi connectivity index (χ1v) is 8.63. The highest BCUT2D eigenvalue weighted by Gasteiger charge is 2.61. The summed E-state index contributed by atoms with van der Waals surface area (Å²) in [5.74, 6) is 1.30. The maximum Gasteiger partial charge on any atom is 0.327 e. The van der Waals surface area contributed by atoms with Crippen LogP contribution in [0, 0.1) is 5.92 Å². The van der Waals surface area contributed by atoms with Gasteiger partial charge in [-0.1, -0.05) is 18.2 Å². The molecular weight excluding hydrogens is 290 g/mol. The van der Waals surface area contributed by atoms with Crippen molar-refractivity contribution in [1.82, 2.24) is 4.90 Å². The van der Waals surface area contributed by atoms with Gasteiger partial charge in [0.05, 0.1) is 6.61 Å². The molecule has 0 saturated carbocycles. The van der Waals surface area contributed by atoms with Gasteiger partial charge in [0.15, 0.2) is 0 Å². The number of nitrogens with zero attached hydrogens (tertiary/aromatic N) is 1. The zero-order chi connectivity index (χ0) is 16.2. The van der Waals surface area contributed by atoms with Crippen molar-refractivity contribution >= 4 is 5.97 Å². The second-order valence-electron chi connectivity index (χ2n) is 8.09. The Morgan fingerprint density at radius 1 is 1.35 bits per heavy atom. The first-order chi connectivity index (χ1) is 10.9. The van der Waals surface area contributed by atoms with Crippen molar-refractivity contribution in [2.24, 2.45) is 5.92 Å². The van der Waals surface area contributed by atoms with Gasteiger partial charge in [-0.2, -0.15) is 0 Å². The number of benzene rings is 1. The molecule has 3 atom stereocenters. The van der Waals surface area contributed by atoms with E-state index in [2.05, 4.69) is 17.0 Å². The fourth-order valence-corrected chi connectivity index (χ4v) is 4.62. The molecule has 1 aromatic rings. The fourth-order valence-electron chi connectivity index (χ4n) is 4.62. The van der Waals surface area contributed by atoms with Crippen molar-refractivity contribution in [3.8, 4) is 5.75 Å². The van der Waals surface area contributed by atoms with Crippen LogP contribution in [0.15, 0.2) is 24.3 Å². The molecule has 2 fully saturated rings. The van der Waals surface area contributed by atoms with Crippen LogP contribution < -0.4 is 4.74 Å². The van der Waals surface area contributed by atoms with Crippen LogP contribution >= 0.6 is 0 Å². The van der Waals surface area contributed by atoms with Crippen molar-refractivity contribution in [2.75, 3.05) is 13.2 Å². The molecule has 4 nitrogen and oxygen atoms in total. The number of carbonyl (C=O) groups is 1. The van der Waals surface area contributed by atoms with Crippen molar-refractivity contribution in [3.63, 3.8) is 0 Å². The van der Waals surface area contributed by atoms with Crippen LogP contribution in [-0.2, 0) is 9.53 Å². The number of fused-ring (bicyclic) bond motifs is 5. The summed E-state index contributed by atoms with van der Waals surface area (Å²) in [6.45, 7) is 7.50. The number of para-hydroxylation sites is 1. The van der Waals surface area contributed by atoms with Crippen molar-refractivity contribution in [1.29, 1.82) is 0 Å². The van der Waals surface area contributed by atoms with Crippen LogP contribution in [0.4, 0.5) is 0 Å². The molecule has 0 aromatic heterocycles. The number of ether oxygens (including phenoxy) is 2. The summed E-state index contributed by atoms with van der Waals surface area (Å²) < 4.78 is 11.7. The third-order valence-corrected chi connectivity index (χ3v) is 5.39. The monoisotopic (exact) mass is 315 g/mol. The van der Waals surface area contributed by atoms with Gasteiger partial charge in [-0.15, -0.1) is 0 Å². The molecule has 0 aliphatic carbocycles. The van der Waals surface area contributed by atoms with Crippen LogP contribution in [0.5, 0.6) is 5.75 Å². The Bertz CT molecular complexity index is 636. The summed E-state index contributed by atoms with van der Waals surface area (Å²) in [5.41, 5.74) is 0.335. The predicted molar refractivity (Wildman–Crippen MR) is 87.3 cm³/mol. The Morgan fingerprint density at radius 3 is 2.91 bits per heavy atom. The minimum absolute atomic E-state index is 0.0469. The average molecular weight is 315 g/mol. The van der Waals surface area contributed by atoms with E-state index in [1.807, 2.05) is 32.9 Å². The van der Waals surface area contributed by atoms with Crippen LogP contribution in [-0.4, -0.2) is 35.2 Å². The van der Waals surface area contributed by atoms with Crippen LogP contribution in [0.3, 0.4) is 0 Å². The highest BCUT2D eigenvalue weighted by molar-refractivity contribution is 5.82. The topological polar surface area (TPSA) is 38.8 Å². The van der Waals surface area contributed by atoms with Crippen molar-refractivity contribution in [2.45, 2.75) is 57.2 Å². The average Bonchev–Trinajstić information content (AvgIpc) is 3.02. The van der Waals surface area contributed by atoms with E-state index in [4.69, 9.17) is 9.47 Å². The Balaban J connectivity index is 1.71. The van der Waals surface area contributed by atoms with E-state index in [-0.39, 0.29) is 12.0 Å². The third kappa shape index (κ3) is 2.26. The van der Waals surface area contributed by atoms with E-state index in [0.717, 1.165) is 31.6 Å². The molecule has 3 heterocycles. The van der Waals surface area contributed by atoms with E-state index >= 15 is 0 Å². The van der Waals surface area contributed by atoms with E-state index in [1.54, 1.807) is 0 Å². The second-order valence-corrected chi connectivity index (χ2v) is 8.09. The van der Waals surface area contributed by atoms with Crippen molar-refractivity contribution < 1.29 is 14.3 Å². The molecule has 0 radical (unpaired) electrons. The lowest BCUT2D eigenvalue weighted by Crippen LogP contribution is -2.49. The first-order valence-electron chi connectivity index (χ1n) is 8.63. The summed E-state index contributed by atoms with van der Waals surface area (Å²) in [5, 5.41) is 0. The second kappa shape index (κ2) is 4.97. The normalized spacial score (nSPS) is 32.7. The maximum absolute atomic E-state index is 13.0. The number of carbonyl (C=O) groups excluding carboxylic acids is 1. The molecule has 3 aliphatic rings. The molecule has 0 amide bonds. The van der Waals surface area contributed by atoms with Gasteiger partial charge in [-0.25, -0.2) is 0 Å². The molecular formula is C19H25NO3. The number of hydrogen-bond donors (Lipinski definition) is 0. The summed E-state index contributed by atoms with van der Waals surface area (Å²) in [6.07, 6.45) is 2.81.